The highest BCUT2D eigenvalue weighted by atomic mass is 32.1. The van der Waals surface area contributed by atoms with Crippen LogP contribution >= 0.6 is 11.3 Å². The van der Waals surface area contributed by atoms with Crippen LogP contribution in [-0.4, -0.2) is 28.7 Å². The molecule has 1 heterocycles. The second kappa shape index (κ2) is 5.27. The van der Waals surface area contributed by atoms with Gasteiger partial charge in [0.15, 0.2) is 11.7 Å². The lowest BCUT2D eigenvalue weighted by atomic mass is 10.6. The molecule has 1 aromatic heterocycles. The van der Waals surface area contributed by atoms with E-state index in [0.29, 0.717) is 5.13 Å². The van der Waals surface area contributed by atoms with Crippen molar-refractivity contribution < 1.29 is 19.5 Å². The Kier molecular flexibility index (Phi) is 4.01. The minimum absolute atomic E-state index is 0.420. The molecule has 1 aromatic rings. The molecule has 0 aliphatic rings. The van der Waals surface area contributed by atoms with Crippen molar-refractivity contribution in [2.75, 3.05) is 11.9 Å². The van der Waals surface area contributed by atoms with Gasteiger partial charge in [0.1, 0.15) is 0 Å². The van der Waals surface area contributed by atoms with E-state index in [9.17, 15) is 9.59 Å². The standard InChI is InChI=1S/C7H9N3O4S/c1-4-3-15-7(8-4)9-6(13)10-14-2-5(11)12/h3H,2H2,1H3,(H,11,12)(H2,8,9,10,13). The number of aliphatic carboxylic acids is 1. The van der Waals surface area contributed by atoms with Crippen LogP contribution in [0.15, 0.2) is 5.38 Å². The second-order valence-corrected chi connectivity index (χ2v) is 3.39. The molecule has 0 atom stereocenters. The fourth-order valence-electron chi connectivity index (χ4n) is 0.697. The largest absolute Gasteiger partial charge is 0.479 e. The van der Waals surface area contributed by atoms with E-state index in [2.05, 4.69) is 15.1 Å². The first kappa shape index (κ1) is 11.4. The highest BCUT2D eigenvalue weighted by Crippen LogP contribution is 2.13. The average molecular weight is 231 g/mol. The molecular formula is C7H9N3O4S. The Morgan fingerprint density at radius 1 is 1.67 bits per heavy atom. The Bertz CT molecular complexity index is 365. The Morgan fingerprint density at radius 2 is 2.40 bits per heavy atom. The number of thiazole rings is 1. The quantitative estimate of drug-likeness (QED) is 0.658. The fraction of sp³-hybridized carbons (Fsp3) is 0.286. The maximum atomic E-state index is 11.0. The van der Waals surface area contributed by atoms with Crippen LogP contribution in [0.2, 0.25) is 0 Å². The van der Waals surface area contributed by atoms with Gasteiger partial charge in [0.2, 0.25) is 0 Å². The Hall–Kier alpha value is -1.67. The van der Waals surface area contributed by atoms with E-state index in [1.54, 1.807) is 12.3 Å². The first-order valence-corrected chi connectivity index (χ1v) is 4.78. The van der Waals surface area contributed by atoms with Gasteiger partial charge in [0.05, 0.1) is 5.69 Å². The van der Waals surface area contributed by atoms with E-state index in [0.717, 1.165) is 5.69 Å². The number of hydrogen-bond acceptors (Lipinski definition) is 5. The molecule has 15 heavy (non-hydrogen) atoms. The van der Waals surface area contributed by atoms with E-state index in [1.807, 2.05) is 5.48 Å². The van der Waals surface area contributed by atoms with Gasteiger partial charge in [0, 0.05) is 5.38 Å². The minimum Gasteiger partial charge on any atom is -0.479 e. The molecule has 0 saturated carbocycles. The van der Waals surface area contributed by atoms with Gasteiger partial charge in [-0.05, 0) is 6.92 Å². The third kappa shape index (κ3) is 4.38. The third-order valence-electron chi connectivity index (χ3n) is 1.20. The number of aromatic nitrogens is 1. The summed E-state index contributed by atoms with van der Waals surface area (Å²) < 4.78 is 0. The number of carbonyl (C=O) groups is 2. The molecule has 3 N–H and O–H groups in total. The normalized spacial score (nSPS) is 9.67. The molecule has 0 aliphatic carbocycles. The Morgan fingerprint density at radius 3 is 2.93 bits per heavy atom. The summed E-state index contributed by atoms with van der Waals surface area (Å²) in [6.07, 6.45) is 0. The predicted molar refractivity (Wildman–Crippen MR) is 52.6 cm³/mol. The average Bonchev–Trinajstić information content (AvgIpc) is 2.50. The van der Waals surface area contributed by atoms with Crippen LogP contribution in [0.5, 0.6) is 0 Å². The number of carbonyl (C=O) groups excluding carboxylic acids is 1. The summed E-state index contributed by atoms with van der Waals surface area (Å²) in [4.78, 5) is 29.4. The zero-order chi connectivity index (χ0) is 11.3. The number of aryl methyl sites for hydroxylation is 1. The van der Waals surface area contributed by atoms with Crippen molar-refractivity contribution in [2.24, 2.45) is 0 Å². The van der Waals surface area contributed by atoms with Gasteiger partial charge < -0.3 is 5.11 Å². The summed E-state index contributed by atoms with van der Waals surface area (Å²) in [7, 11) is 0. The molecule has 0 aliphatic heterocycles. The van der Waals surface area contributed by atoms with Crippen LogP contribution in [0.3, 0.4) is 0 Å². The molecule has 0 aromatic carbocycles. The lowest BCUT2D eigenvalue weighted by Crippen LogP contribution is -2.30. The summed E-state index contributed by atoms with van der Waals surface area (Å²) in [6, 6.07) is -0.661. The Balaban J connectivity index is 2.27. The maximum absolute atomic E-state index is 11.0. The fourth-order valence-corrected chi connectivity index (χ4v) is 1.38. The number of carboxylic acid groups (broad SMARTS) is 1. The molecule has 7 nitrogen and oxygen atoms in total. The van der Waals surface area contributed by atoms with Crippen molar-refractivity contribution in [3.05, 3.63) is 11.1 Å². The molecule has 0 fully saturated rings. The molecule has 82 valence electrons. The van der Waals surface area contributed by atoms with Gasteiger partial charge >= 0.3 is 12.0 Å². The summed E-state index contributed by atoms with van der Waals surface area (Å²) in [6.45, 7) is 1.20. The number of rotatable bonds is 4. The highest BCUT2D eigenvalue weighted by Gasteiger charge is 2.05. The minimum atomic E-state index is -1.17. The van der Waals surface area contributed by atoms with E-state index in [1.165, 1.54) is 11.3 Å². The monoisotopic (exact) mass is 231 g/mol. The van der Waals surface area contributed by atoms with Gasteiger partial charge in [0.25, 0.3) is 0 Å². The third-order valence-corrected chi connectivity index (χ3v) is 2.08. The summed E-state index contributed by atoms with van der Waals surface area (Å²) in [5.41, 5.74) is 2.70. The van der Waals surface area contributed by atoms with Crippen molar-refractivity contribution in [2.45, 2.75) is 6.92 Å². The first-order chi connectivity index (χ1) is 7.08. The first-order valence-electron chi connectivity index (χ1n) is 3.90. The molecule has 8 heteroatoms. The van der Waals surface area contributed by atoms with Gasteiger partial charge in [-0.2, -0.15) is 0 Å². The Labute approximate surface area is 89.0 Å². The number of anilines is 1. The predicted octanol–water partition coefficient (Wildman–Crippen LogP) is 0.589. The zero-order valence-corrected chi connectivity index (χ0v) is 8.63. The van der Waals surface area contributed by atoms with Crippen LogP contribution in [0, 0.1) is 6.92 Å². The molecular weight excluding hydrogens is 222 g/mol. The molecule has 0 radical (unpaired) electrons. The molecule has 2 amide bonds. The van der Waals surface area contributed by atoms with E-state index < -0.39 is 18.6 Å². The lowest BCUT2D eigenvalue weighted by Gasteiger charge is -2.03. The second-order valence-electron chi connectivity index (χ2n) is 2.53. The van der Waals surface area contributed by atoms with Crippen LogP contribution in [-0.2, 0) is 9.63 Å². The smallest absolute Gasteiger partial charge is 0.344 e. The van der Waals surface area contributed by atoms with E-state index in [4.69, 9.17) is 5.11 Å². The number of urea groups is 1. The van der Waals surface area contributed by atoms with Gasteiger partial charge in [-0.1, -0.05) is 0 Å². The summed E-state index contributed by atoms with van der Waals surface area (Å²) in [5, 5.41) is 12.8. The zero-order valence-electron chi connectivity index (χ0n) is 7.81. The highest BCUT2D eigenvalue weighted by molar-refractivity contribution is 7.13. The number of hydroxylamine groups is 1. The van der Waals surface area contributed by atoms with Crippen LogP contribution in [0.4, 0.5) is 9.93 Å². The van der Waals surface area contributed by atoms with Crippen molar-refractivity contribution in [3.63, 3.8) is 0 Å². The van der Waals surface area contributed by atoms with Gasteiger partial charge in [-0.15, -0.1) is 11.3 Å². The van der Waals surface area contributed by atoms with Gasteiger partial charge in [-0.25, -0.2) is 20.1 Å². The summed E-state index contributed by atoms with van der Waals surface area (Å²) in [5.74, 6) is -1.17. The lowest BCUT2D eigenvalue weighted by molar-refractivity contribution is -0.143. The number of amides is 2. The topological polar surface area (TPSA) is 101 Å². The molecule has 0 unspecified atom stereocenters. The molecule has 1 rings (SSSR count). The summed E-state index contributed by atoms with van der Waals surface area (Å²) >= 11 is 1.26. The molecule has 0 saturated heterocycles. The maximum Gasteiger partial charge on any atom is 0.344 e. The number of carboxylic acids is 1. The van der Waals surface area contributed by atoms with Crippen molar-refractivity contribution in [1.82, 2.24) is 10.5 Å². The van der Waals surface area contributed by atoms with Crippen molar-refractivity contribution >= 4 is 28.5 Å². The molecule has 0 bridgehead atoms. The van der Waals surface area contributed by atoms with Crippen molar-refractivity contribution in [3.8, 4) is 0 Å². The van der Waals surface area contributed by atoms with Gasteiger partial charge in [-0.3, -0.25) is 10.2 Å². The van der Waals surface area contributed by atoms with E-state index >= 15 is 0 Å². The van der Waals surface area contributed by atoms with Crippen LogP contribution in [0.25, 0.3) is 0 Å². The number of nitrogens with zero attached hydrogens (tertiary/aromatic N) is 1. The number of hydrogen-bond donors (Lipinski definition) is 3. The SMILES string of the molecule is Cc1csc(NC(=O)NOCC(=O)O)n1. The van der Waals surface area contributed by atoms with Crippen LogP contribution < -0.4 is 10.8 Å². The van der Waals surface area contributed by atoms with Crippen molar-refractivity contribution in [1.29, 1.82) is 0 Å². The molecule has 0 spiro atoms. The van der Waals surface area contributed by atoms with E-state index in [-0.39, 0.29) is 0 Å². The van der Waals surface area contributed by atoms with Crippen LogP contribution in [0.1, 0.15) is 5.69 Å². The number of nitrogens with one attached hydrogen (secondary N) is 2.